The van der Waals surface area contributed by atoms with Gasteiger partial charge in [0.1, 0.15) is 18.2 Å². The molecular formula is C17H16FNO. The lowest BCUT2D eigenvalue weighted by molar-refractivity contribution is 0.301. The van der Waals surface area contributed by atoms with E-state index in [1.54, 1.807) is 6.07 Å². The lowest BCUT2D eigenvalue weighted by atomic mass is 10.1. The molecule has 3 heteroatoms. The summed E-state index contributed by atoms with van der Waals surface area (Å²) in [6, 6.07) is 10.3. The zero-order valence-corrected chi connectivity index (χ0v) is 11.8. The number of ether oxygens (including phenoxy) is 1. The van der Waals surface area contributed by atoms with Crippen molar-refractivity contribution in [2.24, 2.45) is 0 Å². The summed E-state index contributed by atoms with van der Waals surface area (Å²) in [5.74, 6) is 0.401. The summed E-state index contributed by atoms with van der Waals surface area (Å²) in [6.45, 7) is 6.26. The number of rotatable bonds is 3. The maximum Gasteiger partial charge on any atom is 0.125 e. The third kappa shape index (κ3) is 3.16. The van der Waals surface area contributed by atoms with Crippen LogP contribution in [-0.2, 0) is 6.61 Å². The van der Waals surface area contributed by atoms with Gasteiger partial charge in [-0.05, 0) is 55.7 Å². The van der Waals surface area contributed by atoms with Gasteiger partial charge in [-0.1, -0.05) is 17.7 Å². The van der Waals surface area contributed by atoms with E-state index in [9.17, 15) is 4.39 Å². The molecule has 2 aromatic rings. The Labute approximate surface area is 118 Å². The molecule has 0 saturated carbocycles. The first-order valence-corrected chi connectivity index (χ1v) is 6.40. The van der Waals surface area contributed by atoms with Gasteiger partial charge in [0.15, 0.2) is 0 Å². The number of nitriles is 1. The number of halogens is 1. The lowest BCUT2D eigenvalue weighted by Crippen LogP contribution is -2.00. The van der Waals surface area contributed by atoms with Gasteiger partial charge in [0.2, 0.25) is 0 Å². The zero-order chi connectivity index (χ0) is 14.7. The van der Waals surface area contributed by atoms with Crippen molar-refractivity contribution in [1.82, 2.24) is 0 Å². The third-order valence-electron chi connectivity index (χ3n) is 3.07. The van der Waals surface area contributed by atoms with E-state index in [2.05, 4.69) is 12.1 Å². The molecule has 0 fully saturated rings. The second-order valence-corrected chi connectivity index (χ2v) is 4.98. The third-order valence-corrected chi connectivity index (χ3v) is 3.07. The highest BCUT2D eigenvalue weighted by Crippen LogP contribution is 2.25. The average molecular weight is 269 g/mol. The SMILES string of the molecule is Cc1cc(C)c(OCc2cc(F)cc(C#N)c2)c(C)c1. The Morgan fingerprint density at radius 1 is 1.05 bits per heavy atom. The molecule has 0 radical (unpaired) electrons. The Morgan fingerprint density at radius 2 is 1.70 bits per heavy atom. The molecule has 0 atom stereocenters. The smallest absolute Gasteiger partial charge is 0.125 e. The van der Waals surface area contributed by atoms with Crippen molar-refractivity contribution in [3.8, 4) is 11.8 Å². The predicted octanol–water partition coefficient (Wildman–Crippen LogP) is 4.20. The molecule has 0 N–H and O–H groups in total. The van der Waals surface area contributed by atoms with E-state index in [4.69, 9.17) is 10.00 Å². The monoisotopic (exact) mass is 269 g/mol. The summed E-state index contributed by atoms with van der Waals surface area (Å²) in [5.41, 5.74) is 4.26. The van der Waals surface area contributed by atoms with E-state index in [0.29, 0.717) is 11.1 Å². The van der Waals surface area contributed by atoms with Crippen molar-refractivity contribution in [2.75, 3.05) is 0 Å². The first-order chi connectivity index (χ1) is 9.49. The second-order valence-electron chi connectivity index (χ2n) is 4.98. The summed E-state index contributed by atoms with van der Waals surface area (Å²) in [4.78, 5) is 0. The molecule has 0 aliphatic rings. The van der Waals surface area contributed by atoms with Crippen LogP contribution in [0.25, 0.3) is 0 Å². The summed E-state index contributed by atoms with van der Waals surface area (Å²) in [5, 5.41) is 8.83. The van der Waals surface area contributed by atoms with E-state index in [0.717, 1.165) is 16.9 Å². The average Bonchev–Trinajstić information content (AvgIpc) is 2.36. The predicted molar refractivity (Wildman–Crippen MR) is 76.1 cm³/mol. The highest BCUT2D eigenvalue weighted by molar-refractivity contribution is 5.43. The van der Waals surface area contributed by atoms with Gasteiger partial charge in [0, 0.05) is 0 Å². The minimum atomic E-state index is -0.417. The highest BCUT2D eigenvalue weighted by atomic mass is 19.1. The fourth-order valence-electron chi connectivity index (χ4n) is 2.35. The van der Waals surface area contributed by atoms with Crippen LogP contribution in [0.5, 0.6) is 5.75 Å². The molecule has 0 aromatic heterocycles. The highest BCUT2D eigenvalue weighted by Gasteiger charge is 2.07. The molecule has 0 saturated heterocycles. The first kappa shape index (κ1) is 14.1. The molecule has 0 spiro atoms. The van der Waals surface area contributed by atoms with Crippen LogP contribution < -0.4 is 4.74 Å². The van der Waals surface area contributed by atoms with Gasteiger partial charge in [-0.2, -0.15) is 5.26 Å². The largest absolute Gasteiger partial charge is 0.488 e. The molecule has 2 aromatic carbocycles. The van der Waals surface area contributed by atoms with Crippen molar-refractivity contribution in [2.45, 2.75) is 27.4 Å². The van der Waals surface area contributed by atoms with Gasteiger partial charge in [-0.3, -0.25) is 0 Å². The fourth-order valence-corrected chi connectivity index (χ4v) is 2.35. The molecule has 2 rings (SSSR count). The normalized spacial score (nSPS) is 10.2. The molecule has 0 bridgehead atoms. The number of hydrogen-bond donors (Lipinski definition) is 0. The van der Waals surface area contributed by atoms with Crippen LogP contribution in [0.15, 0.2) is 30.3 Å². The Morgan fingerprint density at radius 3 is 2.30 bits per heavy atom. The van der Waals surface area contributed by atoms with Gasteiger partial charge in [0.25, 0.3) is 0 Å². The van der Waals surface area contributed by atoms with Gasteiger partial charge in [-0.25, -0.2) is 4.39 Å². The maximum absolute atomic E-state index is 13.3. The van der Waals surface area contributed by atoms with Crippen LogP contribution in [0.2, 0.25) is 0 Å². The number of hydrogen-bond acceptors (Lipinski definition) is 2. The van der Waals surface area contributed by atoms with Crippen LogP contribution in [0.3, 0.4) is 0 Å². The molecular weight excluding hydrogens is 253 g/mol. The van der Waals surface area contributed by atoms with Gasteiger partial charge < -0.3 is 4.74 Å². The van der Waals surface area contributed by atoms with E-state index < -0.39 is 5.82 Å². The van der Waals surface area contributed by atoms with Crippen molar-refractivity contribution in [3.63, 3.8) is 0 Å². The van der Waals surface area contributed by atoms with E-state index in [1.807, 2.05) is 26.8 Å². The van der Waals surface area contributed by atoms with Crippen molar-refractivity contribution >= 4 is 0 Å². The van der Waals surface area contributed by atoms with Crippen LogP contribution in [0.1, 0.15) is 27.8 Å². The van der Waals surface area contributed by atoms with E-state index >= 15 is 0 Å². The van der Waals surface area contributed by atoms with Crippen LogP contribution in [-0.4, -0.2) is 0 Å². The van der Waals surface area contributed by atoms with E-state index in [-0.39, 0.29) is 6.61 Å². The molecule has 0 heterocycles. The number of nitrogens with zero attached hydrogens (tertiary/aromatic N) is 1. The maximum atomic E-state index is 13.3. The second kappa shape index (κ2) is 5.75. The quantitative estimate of drug-likeness (QED) is 0.836. The van der Waals surface area contributed by atoms with E-state index in [1.165, 1.54) is 17.7 Å². The van der Waals surface area contributed by atoms with Crippen molar-refractivity contribution in [1.29, 1.82) is 5.26 Å². The molecule has 0 aliphatic heterocycles. The topological polar surface area (TPSA) is 33.0 Å². The number of aryl methyl sites for hydroxylation is 3. The van der Waals surface area contributed by atoms with Crippen LogP contribution >= 0.6 is 0 Å². The first-order valence-electron chi connectivity index (χ1n) is 6.40. The lowest BCUT2D eigenvalue weighted by Gasteiger charge is -2.13. The summed E-state index contributed by atoms with van der Waals surface area (Å²) in [7, 11) is 0. The van der Waals surface area contributed by atoms with Gasteiger partial charge in [-0.15, -0.1) is 0 Å². The Kier molecular flexibility index (Phi) is 4.05. The van der Waals surface area contributed by atoms with Crippen molar-refractivity contribution in [3.05, 3.63) is 64.0 Å². The summed E-state index contributed by atoms with van der Waals surface area (Å²) < 4.78 is 19.1. The summed E-state index contributed by atoms with van der Waals surface area (Å²) in [6.07, 6.45) is 0. The zero-order valence-electron chi connectivity index (χ0n) is 11.8. The van der Waals surface area contributed by atoms with Gasteiger partial charge in [0.05, 0.1) is 11.6 Å². The molecule has 0 unspecified atom stereocenters. The standard InChI is InChI=1S/C17H16FNO/c1-11-4-12(2)17(13(3)5-11)20-10-15-6-14(9-19)7-16(18)8-15/h4-8H,10H2,1-3H3. The Balaban J connectivity index is 2.21. The minimum absolute atomic E-state index is 0.247. The fraction of sp³-hybridized carbons (Fsp3) is 0.235. The van der Waals surface area contributed by atoms with Crippen LogP contribution in [0.4, 0.5) is 4.39 Å². The van der Waals surface area contributed by atoms with Crippen LogP contribution in [0, 0.1) is 37.9 Å². The molecule has 20 heavy (non-hydrogen) atoms. The molecule has 0 aliphatic carbocycles. The van der Waals surface area contributed by atoms with Gasteiger partial charge >= 0.3 is 0 Å². The van der Waals surface area contributed by atoms with Crippen molar-refractivity contribution < 1.29 is 9.13 Å². The minimum Gasteiger partial charge on any atom is -0.488 e. The molecule has 102 valence electrons. The molecule has 2 nitrogen and oxygen atoms in total. The molecule has 0 amide bonds. The summed E-state index contributed by atoms with van der Waals surface area (Å²) >= 11 is 0. The number of benzene rings is 2. The Hall–Kier alpha value is -2.34. The Bertz CT molecular complexity index is 663.